The number of rotatable bonds is 6. The molecule has 1 N–H and O–H groups in total. The van der Waals surface area contributed by atoms with Gasteiger partial charge < -0.3 is 9.47 Å². The number of H-pyrrole nitrogens is 1. The van der Waals surface area contributed by atoms with Crippen molar-refractivity contribution in [3.05, 3.63) is 28.4 Å². The highest BCUT2D eigenvalue weighted by Gasteiger charge is 2.16. The summed E-state index contributed by atoms with van der Waals surface area (Å²) < 4.78 is 12.0. The summed E-state index contributed by atoms with van der Waals surface area (Å²) in [6.07, 6.45) is 2.25. The molecule has 0 aliphatic heterocycles. The molecule has 0 saturated heterocycles. The molecule has 1 aromatic heterocycles. The average molecular weight is 339 g/mol. The molecule has 1 aromatic carbocycles. The van der Waals surface area contributed by atoms with E-state index >= 15 is 0 Å². The van der Waals surface area contributed by atoms with Crippen molar-refractivity contribution >= 4 is 22.2 Å². The molecule has 2 aromatic rings. The number of nitrogens with one attached hydrogen (secondary N) is 1. The van der Waals surface area contributed by atoms with Gasteiger partial charge in [-0.1, -0.05) is 0 Å². The second-order valence-electron chi connectivity index (χ2n) is 3.96. The van der Waals surface area contributed by atoms with Gasteiger partial charge in [-0.05, 0) is 41.9 Å². The van der Waals surface area contributed by atoms with Crippen molar-refractivity contribution in [1.29, 1.82) is 0 Å². The molecular weight excluding hydrogens is 324 g/mol. The zero-order chi connectivity index (χ0) is 14.5. The van der Waals surface area contributed by atoms with Gasteiger partial charge in [-0.3, -0.25) is 9.89 Å². The Morgan fingerprint density at radius 1 is 1.25 bits per heavy atom. The lowest BCUT2D eigenvalue weighted by molar-refractivity contribution is 0.112. The van der Waals surface area contributed by atoms with Crippen LogP contribution in [0.15, 0.2) is 22.8 Å². The van der Waals surface area contributed by atoms with E-state index in [1.165, 1.54) is 6.20 Å². The molecule has 106 valence electrons. The normalized spacial score (nSPS) is 10.3. The van der Waals surface area contributed by atoms with Crippen LogP contribution >= 0.6 is 15.9 Å². The molecule has 0 saturated carbocycles. The third-order valence-corrected chi connectivity index (χ3v) is 3.32. The number of aromatic nitrogens is 2. The van der Waals surface area contributed by atoms with Gasteiger partial charge in [0.2, 0.25) is 0 Å². The molecule has 0 radical (unpaired) electrons. The van der Waals surface area contributed by atoms with Crippen LogP contribution < -0.4 is 9.47 Å². The zero-order valence-electron chi connectivity index (χ0n) is 11.3. The number of carbonyl (C=O) groups excluding carboxylic acids is 1. The summed E-state index contributed by atoms with van der Waals surface area (Å²) in [5.74, 6) is 1.35. The van der Waals surface area contributed by atoms with E-state index in [0.29, 0.717) is 36.0 Å². The van der Waals surface area contributed by atoms with Crippen LogP contribution in [0.25, 0.3) is 11.3 Å². The second kappa shape index (κ2) is 6.56. The van der Waals surface area contributed by atoms with Crippen molar-refractivity contribution in [3.63, 3.8) is 0 Å². The number of aromatic amines is 1. The first-order valence-corrected chi connectivity index (χ1v) is 7.08. The molecule has 5 nitrogen and oxygen atoms in total. The van der Waals surface area contributed by atoms with Crippen molar-refractivity contribution in [1.82, 2.24) is 10.2 Å². The summed E-state index contributed by atoms with van der Waals surface area (Å²) >= 11 is 3.45. The Bertz CT molecular complexity index is 610. The second-order valence-corrected chi connectivity index (χ2v) is 4.82. The summed E-state index contributed by atoms with van der Waals surface area (Å²) in [5.41, 5.74) is 1.85. The minimum atomic E-state index is 0.482. The molecule has 20 heavy (non-hydrogen) atoms. The van der Waals surface area contributed by atoms with Gasteiger partial charge in [0.25, 0.3) is 0 Å². The first-order chi connectivity index (χ1) is 9.71. The quantitative estimate of drug-likeness (QED) is 0.819. The molecule has 0 bridgehead atoms. The van der Waals surface area contributed by atoms with E-state index in [4.69, 9.17) is 9.47 Å². The number of carbonyl (C=O) groups is 1. The zero-order valence-corrected chi connectivity index (χ0v) is 12.9. The molecule has 0 amide bonds. The van der Waals surface area contributed by atoms with E-state index in [0.717, 1.165) is 16.3 Å². The summed E-state index contributed by atoms with van der Waals surface area (Å²) in [4.78, 5) is 11.1. The van der Waals surface area contributed by atoms with Crippen LogP contribution in [0.5, 0.6) is 11.5 Å². The van der Waals surface area contributed by atoms with E-state index in [9.17, 15) is 4.79 Å². The Kier molecular flexibility index (Phi) is 4.79. The van der Waals surface area contributed by atoms with Gasteiger partial charge in [0.05, 0.1) is 35.1 Å². The highest BCUT2D eigenvalue weighted by atomic mass is 79.9. The summed E-state index contributed by atoms with van der Waals surface area (Å²) in [6.45, 7) is 4.89. The number of ether oxygens (including phenoxy) is 2. The molecule has 0 aliphatic rings. The van der Waals surface area contributed by atoms with Crippen LogP contribution in [0.2, 0.25) is 0 Å². The maximum Gasteiger partial charge on any atom is 0.153 e. The van der Waals surface area contributed by atoms with Crippen molar-refractivity contribution in [3.8, 4) is 22.8 Å². The molecule has 0 spiro atoms. The van der Waals surface area contributed by atoms with E-state index in [1.54, 1.807) is 0 Å². The first-order valence-electron chi connectivity index (χ1n) is 6.29. The van der Waals surface area contributed by atoms with Crippen molar-refractivity contribution in [2.75, 3.05) is 13.2 Å². The van der Waals surface area contributed by atoms with Gasteiger partial charge in [-0.25, -0.2) is 0 Å². The number of halogens is 1. The first kappa shape index (κ1) is 14.6. The van der Waals surface area contributed by atoms with Gasteiger partial charge in [-0.15, -0.1) is 0 Å². The number of hydrogen-bond donors (Lipinski definition) is 1. The highest BCUT2D eigenvalue weighted by Crippen LogP contribution is 2.39. The van der Waals surface area contributed by atoms with Gasteiger partial charge in [-0.2, -0.15) is 5.10 Å². The number of benzene rings is 1. The third-order valence-electron chi connectivity index (χ3n) is 2.70. The topological polar surface area (TPSA) is 64.2 Å². The lowest BCUT2D eigenvalue weighted by Gasteiger charge is -2.13. The van der Waals surface area contributed by atoms with Crippen molar-refractivity contribution < 1.29 is 14.3 Å². The fourth-order valence-electron chi connectivity index (χ4n) is 1.87. The average Bonchev–Trinajstić information content (AvgIpc) is 2.90. The minimum Gasteiger partial charge on any atom is -0.493 e. The Hall–Kier alpha value is -1.82. The highest BCUT2D eigenvalue weighted by molar-refractivity contribution is 9.10. The van der Waals surface area contributed by atoms with Crippen LogP contribution in [0.3, 0.4) is 0 Å². The van der Waals surface area contributed by atoms with Gasteiger partial charge in [0.15, 0.2) is 6.29 Å². The van der Waals surface area contributed by atoms with Gasteiger partial charge in [0.1, 0.15) is 11.5 Å². The van der Waals surface area contributed by atoms with Gasteiger partial charge in [0, 0.05) is 5.56 Å². The van der Waals surface area contributed by atoms with Crippen LogP contribution in [-0.2, 0) is 0 Å². The van der Waals surface area contributed by atoms with Crippen molar-refractivity contribution in [2.24, 2.45) is 0 Å². The molecular formula is C14H15BrN2O3. The predicted molar refractivity (Wildman–Crippen MR) is 79.4 cm³/mol. The summed E-state index contributed by atoms with van der Waals surface area (Å²) in [5, 5.41) is 6.73. The molecule has 0 unspecified atom stereocenters. The Balaban J connectivity index is 2.58. The molecule has 0 aliphatic carbocycles. The van der Waals surface area contributed by atoms with E-state index in [2.05, 4.69) is 26.1 Å². The fourth-order valence-corrected chi connectivity index (χ4v) is 2.31. The third kappa shape index (κ3) is 2.85. The van der Waals surface area contributed by atoms with E-state index in [1.807, 2.05) is 26.0 Å². The lowest BCUT2D eigenvalue weighted by Crippen LogP contribution is -1.99. The maximum absolute atomic E-state index is 11.1. The Morgan fingerprint density at radius 3 is 2.60 bits per heavy atom. The SMILES string of the molecule is CCOc1cc(-c2[nH]ncc2C=O)c(OCC)cc1Br. The number of aldehydes is 1. The Morgan fingerprint density at radius 2 is 1.95 bits per heavy atom. The predicted octanol–water partition coefficient (Wildman–Crippen LogP) is 3.45. The molecule has 0 atom stereocenters. The number of nitrogens with zero attached hydrogens (tertiary/aromatic N) is 1. The lowest BCUT2D eigenvalue weighted by atomic mass is 10.1. The smallest absolute Gasteiger partial charge is 0.153 e. The fraction of sp³-hybridized carbons (Fsp3) is 0.286. The molecule has 0 fully saturated rings. The minimum absolute atomic E-state index is 0.482. The standard InChI is InChI=1S/C14H15BrN2O3/c1-3-19-12-6-11(15)13(20-4-2)5-10(12)14-9(8-18)7-16-17-14/h5-8H,3-4H2,1-2H3,(H,16,17). The van der Waals surface area contributed by atoms with Crippen LogP contribution in [0.1, 0.15) is 24.2 Å². The largest absolute Gasteiger partial charge is 0.493 e. The summed E-state index contributed by atoms with van der Waals surface area (Å²) in [6, 6.07) is 3.67. The maximum atomic E-state index is 11.1. The molecule has 2 rings (SSSR count). The van der Waals surface area contributed by atoms with Crippen LogP contribution in [-0.4, -0.2) is 29.7 Å². The van der Waals surface area contributed by atoms with Gasteiger partial charge >= 0.3 is 0 Å². The Labute approximate surface area is 125 Å². The van der Waals surface area contributed by atoms with E-state index in [-0.39, 0.29) is 0 Å². The molecule has 1 heterocycles. The van der Waals surface area contributed by atoms with Crippen LogP contribution in [0.4, 0.5) is 0 Å². The molecule has 6 heteroatoms. The summed E-state index contributed by atoms with van der Waals surface area (Å²) in [7, 11) is 0. The van der Waals surface area contributed by atoms with E-state index < -0.39 is 0 Å². The monoisotopic (exact) mass is 338 g/mol. The van der Waals surface area contributed by atoms with Crippen molar-refractivity contribution in [2.45, 2.75) is 13.8 Å². The van der Waals surface area contributed by atoms with Crippen LogP contribution in [0, 0.1) is 0 Å². The number of hydrogen-bond acceptors (Lipinski definition) is 4.